The summed E-state index contributed by atoms with van der Waals surface area (Å²) in [5.41, 5.74) is 6.15. The van der Waals surface area contributed by atoms with Gasteiger partial charge in [-0.15, -0.1) is 6.58 Å². The van der Waals surface area contributed by atoms with Gasteiger partial charge in [-0.2, -0.15) is 5.10 Å². The zero-order valence-corrected chi connectivity index (χ0v) is 27.8. The first-order valence-electron chi connectivity index (χ1n) is 15.4. The molecule has 0 fully saturated rings. The van der Waals surface area contributed by atoms with Crippen molar-refractivity contribution in [3.8, 4) is 45.1 Å². The Morgan fingerprint density at radius 3 is 2.53 bits per heavy atom. The fraction of sp³-hybridized carbons (Fsp3) is 0.270. The van der Waals surface area contributed by atoms with Gasteiger partial charge in [0, 0.05) is 35.0 Å². The van der Waals surface area contributed by atoms with Crippen molar-refractivity contribution in [1.29, 1.82) is 0 Å². The Hall–Kier alpha value is -4.86. The highest BCUT2D eigenvalue weighted by Crippen LogP contribution is 2.46. The van der Waals surface area contributed by atoms with Crippen LogP contribution < -0.4 is 9.64 Å². The molecule has 2 aromatic heterocycles. The highest BCUT2D eigenvalue weighted by atomic mass is 35.5. The van der Waals surface area contributed by atoms with Crippen LogP contribution >= 0.6 is 11.6 Å². The van der Waals surface area contributed by atoms with Gasteiger partial charge in [-0.05, 0) is 69.2 Å². The van der Waals surface area contributed by atoms with Crippen LogP contribution in [-0.4, -0.2) is 58.1 Å². The number of hydrogen-bond donors (Lipinski definition) is 1. The number of aromatic nitrogens is 3. The fourth-order valence-electron chi connectivity index (χ4n) is 5.93. The average molecular weight is 653 g/mol. The molecule has 47 heavy (non-hydrogen) atoms. The van der Waals surface area contributed by atoms with Gasteiger partial charge < -0.3 is 24.2 Å². The number of anilines is 1. The summed E-state index contributed by atoms with van der Waals surface area (Å²) >= 11 is 7.30. The average Bonchev–Trinajstić information content (AvgIpc) is 3.47. The first-order chi connectivity index (χ1) is 22.5. The maximum Gasteiger partial charge on any atom is 0.339 e. The molecule has 242 valence electrons. The lowest BCUT2D eigenvalue weighted by atomic mass is 9.97. The second-order valence-electron chi connectivity index (χ2n) is 12.4. The Balaban J connectivity index is 1.62. The van der Waals surface area contributed by atoms with Gasteiger partial charge in [0.15, 0.2) is 11.8 Å². The zero-order valence-electron chi connectivity index (χ0n) is 27.1. The summed E-state index contributed by atoms with van der Waals surface area (Å²) in [5.74, 6) is 0.284. The van der Waals surface area contributed by atoms with Crippen molar-refractivity contribution in [2.24, 2.45) is 0 Å². The summed E-state index contributed by atoms with van der Waals surface area (Å²) in [5, 5.41) is 15.6. The summed E-state index contributed by atoms with van der Waals surface area (Å²) in [4.78, 5) is 20.5. The van der Waals surface area contributed by atoms with E-state index in [2.05, 4.69) is 11.5 Å². The van der Waals surface area contributed by atoms with Crippen molar-refractivity contribution >= 4 is 28.9 Å². The maximum atomic E-state index is 13.4. The Bertz CT molecular complexity index is 2000. The number of halogens is 1. The molecule has 3 heterocycles. The summed E-state index contributed by atoms with van der Waals surface area (Å²) in [6.07, 6.45) is 0.703. The normalized spacial score (nSPS) is 13.6. The number of rotatable bonds is 8. The molecule has 0 radical (unpaired) electrons. The van der Waals surface area contributed by atoms with Crippen LogP contribution in [0.15, 0.2) is 79.4 Å². The number of benzene rings is 3. The van der Waals surface area contributed by atoms with E-state index in [4.69, 9.17) is 35.9 Å². The van der Waals surface area contributed by atoms with Gasteiger partial charge in [-0.25, -0.2) is 14.3 Å². The van der Waals surface area contributed by atoms with Crippen LogP contribution in [0.2, 0.25) is 5.02 Å². The van der Waals surface area contributed by atoms with Crippen LogP contribution in [-0.2, 0) is 14.3 Å². The lowest BCUT2D eigenvalue weighted by Crippen LogP contribution is -2.33. The van der Waals surface area contributed by atoms with Crippen molar-refractivity contribution in [2.45, 2.75) is 39.4 Å². The Morgan fingerprint density at radius 1 is 1.11 bits per heavy atom. The van der Waals surface area contributed by atoms with Crippen LogP contribution in [0.5, 0.6) is 11.5 Å². The third-order valence-corrected chi connectivity index (χ3v) is 8.32. The Morgan fingerprint density at radius 2 is 1.83 bits per heavy atom. The van der Waals surface area contributed by atoms with E-state index in [0.717, 1.165) is 22.4 Å². The number of ether oxygens (including phenoxy) is 3. The fourth-order valence-corrected chi connectivity index (χ4v) is 6.30. The maximum absolute atomic E-state index is 13.4. The summed E-state index contributed by atoms with van der Waals surface area (Å²) in [7, 11) is 1.34. The quantitative estimate of drug-likeness (QED) is 0.134. The first kappa shape index (κ1) is 32.1. The number of fused-ring (bicyclic) bond motifs is 2. The van der Waals surface area contributed by atoms with Crippen molar-refractivity contribution < 1.29 is 24.1 Å². The molecule has 10 heteroatoms. The molecule has 3 aromatic carbocycles. The third kappa shape index (κ3) is 6.28. The van der Waals surface area contributed by atoms with Crippen LogP contribution in [0.1, 0.15) is 38.1 Å². The summed E-state index contributed by atoms with van der Waals surface area (Å²) in [6, 6.07) is 20.7. The van der Waals surface area contributed by atoms with E-state index in [-0.39, 0.29) is 5.75 Å². The predicted molar refractivity (Wildman–Crippen MR) is 184 cm³/mol. The summed E-state index contributed by atoms with van der Waals surface area (Å²) in [6.45, 7) is 13.1. The standard InChI is InChI=1S/C37H37ClN4O5/c1-7-16-41-17-18-46-29-15-14-27(32(38)34(29)41)33-31(35(36(44)45-6)47-37(3,4)5)22(2)39-30-21-28(40-42(30)33)25-12-8-10-23(19-25)24-11-9-13-26(43)20-24/h7-15,19-21,35,43H,1,16-18H2,2-6H3. The van der Waals surface area contributed by atoms with Crippen molar-refractivity contribution in [3.63, 3.8) is 0 Å². The number of methoxy groups -OCH3 is 1. The molecule has 0 aliphatic carbocycles. The monoisotopic (exact) mass is 652 g/mol. The first-order valence-corrected chi connectivity index (χ1v) is 15.7. The van der Waals surface area contributed by atoms with Gasteiger partial charge in [0.25, 0.3) is 0 Å². The molecule has 9 nitrogen and oxygen atoms in total. The Labute approximate surface area is 279 Å². The van der Waals surface area contributed by atoms with E-state index in [1.807, 2.05) is 88.4 Å². The lowest BCUT2D eigenvalue weighted by molar-refractivity contribution is -0.164. The van der Waals surface area contributed by atoms with Gasteiger partial charge in [0.05, 0.1) is 41.4 Å². The van der Waals surface area contributed by atoms with Gasteiger partial charge >= 0.3 is 5.97 Å². The molecule has 0 saturated heterocycles. The predicted octanol–water partition coefficient (Wildman–Crippen LogP) is 7.81. The molecular weight excluding hydrogens is 616 g/mol. The molecule has 1 N–H and O–H groups in total. The number of nitrogens with zero attached hydrogens (tertiary/aromatic N) is 4. The number of aryl methyl sites for hydroxylation is 1. The molecule has 1 aliphatic heterocycles. The van der Waals surface area contributed by atoms with E-state index in [9.17, 15) is 9.90 Å². The minimum atomic E-state index is -1.12. The van der Waals surface area contributed by atoms with Gasteiger partial charge in [-0.1, -0.05) is 48.0 Å². The van der Waals surface area contributed by atoms with Crippen molar-refractivity contribution in [2.75, 3.05) is 31.7 Å². The minimum Gasteiger partial charge on any atom is -0.508 e. The van der Waals surface area contributed by atoms with E-state index in [1.54, 1.807) is 16.6 Å². The van der Waals surface area contributed by atoms with E-state index in [0.29, 0.717) is 64.3 Å². The minimum absolute atomic E-state index is 0.189. The second kappa shape index (κ2) is 12.7. The highest BCUT2D eigenvalue weighted by Gasteiger charge is 2.35. The van der Waals surface area contributed by atoms with Crippen LogP contribution in [0.3, 0.4) is 0 Å². The molecule has 1 atom stereocenters. The molecule has 1 unspecified atom stereocenters. The molecule has 0 bridgehead atoms. The van der Waals surface area contributed by atoms with Crippen LogP contribution in [0.4, 0.5) is 5.69 Å². The number of esters is 1. The molecule has 1 aliphatic rings. The topological polar surface area (TPSA) is 98.4 Å². The molecule has 6 rings (SSSR count). The van der Waals surface area contributed by atoms with Gasteiger partial charge in [0.1, 0.15) is 18.1 Å². The molecule has 0 spiro atoms. The number of phenolic OH excluding ortho intramolecular Hbond substituents is 1. The van der Waals surface area contributed by atoms with E-state index in [1.165, 1.54) is 7.11 Å². The number of hydrogen-bond acceptors (Lipinski definition) is 8. The highest BCUT2D eigenvalue weighted by molar-refractivity contribution is 6.36. The summed E-state index contributed by atoms with van der Waals surface area (Å²) < 4.78 is 19.4. The number of phenols is 1. The number of carbonyl (C=O) groups excluding carboxylic acids is 1. The van der Waals surface area contributed by atoms with E-state index < -0.39 is 17.7 Å². The van der Waals surface area contributed by atoms with E-state index >= 15 is 0 Å². The van der Waals surface area contributed by atoms with Crippen LogP contribution in [0, 0.1) is 6.92 Å². The molecular formula is C37H37ClN4O5. The number of aromatic hydroxyl groups is 1. The van der Waals surface area contributed by atoms with Gasteiger partial charge in [0.2, 0.25) is 0 Å². The van der Waals surface area contributed by atoms with Crippen molar-refractivity contribution in [3.05, 3.63) is 95.7 Å². The SMILES string of the molecule is C=CCN1CCOc2ccc(-c3c(C(OC(C)(C)C)C(=O)OC)c(C)nc4cc(-c5cccc(-c6cccc(O)c6)c5)nn34)c(Cl)c21. The van der Waals surface area contributed by atoms with Crippen LogP contribution in [0.25, 0.3) is 39.3 Å². The molecule has 5 aromatic rings. The molecule has 0 amide bonds. The van der Waals surface area contributed by atoms with Gasteiger partial charge in [-0.3, -0.25) is 0 Å². The second-order valence-corrected chi connectivity index (χ2v) is 12.8. The lowest BCUT2D eigenvalue weighted by Gasteiger charge is -2.32. The number of carbonyl (C=O) groups is 1. The third-order valence-electron chi connectivity index (χ3n) is 7.93. The molecule has 0 saturated carbocycles. The smallest absolute Gasteiger partial charge is 0.339 e. The Kier molecular flexibility index (Phi) is 8.70. The zero-order chi connectivity index (χ0) is 33.5. The van der Waals surface area contributed by atoms with Crippen molar-refractivity contribution in [1.82, 2.24) is 14.6 Å². The largest absolute Gasteiger partial charge is 0.508 e.